The number of rotatable bonds is 11. The Kier molecular flexibility index (Phi) is 19.0. The number of pyridine rings is 2. The van der Waals surface area contributed by atoms with E-state index in [-0.39, 0.29) is 0 Å². The van der Waals surface area contributed by atoms with E-state index >= 15 is 0 Å². The van der Waals surface area contributed by atoms with Crippen LogP contribution in [0.15, 0.2) is 498 Å². The fourth-order valence-corrected chi connectivity index (χ4v) is 21.8. The summed E-state index contributed by atoms with van der Waals surface area (Å²) in [5.74, 6) is 0. The molecule has 0 saturated heterocycles. The zero-order valence-electron chi connectivity index (χ0n) is 76.7. The van der Waals surface area contributed by atoms with Gasteiger partial charge in [0.15, 0.2) is 11.3 Å². The molecule has 12 heteroatoms. The van der Waals surface area contributed by atoms with Gasteiger partial charge >= 0.3 is 0 Å². The van der Waals surface area contributed by atoms with E-state index in [1.807, 2.05) is 66.9 Å². The number of benzene rings is 20. The Morgan fingerprint density at radius 1 is 0.141 bits per heavy atom. The molecule has 0 spiro atoms. The molecule has 12 nitrogen and oxygen atoms in total. The van der Waals surface area contributed by atoms with Gasteiger partial charge in [0.25, 0.3) is 0 Å². The van der Waals surface area contributed by atoms with Crippen molar-refractivity contribution >= 4 is 175 Å². The van der Waals surface area contributed by atoms with Crippen molar-refractivity contribution in [3.05, 3.63) is 498 Å². The molecule has 0 aliphatic rings. The molecule has 0 saturated carbocycles. The second-order valence-corrected chi connectivity index (χ2v) is 36.4. The van der Waals surface area contributed by atoms with E-state index in [4.69, 9.17) is 29.9 Å². The third-order valence-corrected chi connectivity index (χ3v) is 28.4. The molecule has 142 heavy (non-hydrogen) atoms. The highest BCUT2D eigenvalue weighted by molar-refractivity contribution is 6.23. The molecule has 0 aliphatic heterocycles. The molecule has 20 aromatic carbocycles. The third kappa shape index (κ3) is 13.4. The lowest BCUT2D eigenvalue weighted by Crippen LogP contribution is -1.96. The average molecular weight is 1810 g/mol. The molecular weight excluding hydrogens is 1730 g/mol. The molecule has 30 rings (SSSR count). The summed E-state index contributed by atoms with van der Waals surface area (Å²) in [4.78, 5) is 30.4. The first-order chi connectivity index (χ1) is 70.4. The number of para-hydroxylation sites is 12. The Balaban J connectivity index is 0.000000105. The molecule has 10 heterocycles. The van der Waals surface area contributed by atoms with E-state index in [0.717, 1.165) is 155 Å². The van der Waals surface area contributed by atoms with Crippen LogP contribution in [0.3, 0.4) is 0 Å². The fraction of sp³-hybridized carbons (Fsp3) is 0. The van der Waals surface area contributed by atoms with Crippen molar-refractivity contribution in [2.24, 2.45) is 0 Å². The van der Waals surface area contributed by atoms with Gasteiger partial charge in [-0.25, -0.2) is 19.9 Å². The lowest BCUT2D eigenvalue weighted by molar-refractivity contribution is 1.14. The van der Waals surface area contributed by atoms with Crippen LogP contribution >= 0.6 is 0 Å². The van der Waals surface area contributed by atoms with Crippen LogP contribution < -0.4 is 0 Å². The quantitative estimate of drug-likeness (QED) is 0.128. The van der Waals surface area contributed by atoms with Crippen LogP contribution in [0.2, 0.25) is 0 Å². The Hall–Kier alpha value is -19.3. The monoisotopic (exact) mass is 1810 g/mol. The van der Waals surface area contributed by atoms with E-state index in [9.17, 15) is 0 Å². The van der Waals surface area contributed by atoms with Gasteiger partial charge in [0.1, 0.15) is 11.0 Å². The number of fused-ring (bicyclic) bond motifs is 24. The van der Waals surface area contributed by atoms with Crippen LogP contribution in [0.4, 0.5) is 0 Å². The maximum absolute atomic E-state index is 5.19. The molecule has 0 radical (unpaired) electrons. The SMILES string of the molecule is c1ccc(-c2ccc(-n3c4ccc(-c5ccc6c(c5)c5c7ccccc7ncc5n6-c5ccccc5)cc4c4cnc5ccccc5c43)cc2)cc1.c1ccc(-c2ccc(-n3c4ccc(-c5ccc6c(c5)c5ccccc5n6-c5ccccc5)cc4c4nc5ccccc5nc43)cc2)cc1.c1ccc(-n2c3ccccc3c3cc(-c4ccc5c(c4)c4nc6ccccc6nc4n5-c4ccccc4)ccc32)cc1. The zero-order valence-corrected chi connectivity index (χ0v) is 76.7. The van der Waals surface area contributed by atoms with E-state index < -0.39 is 0 Å². The Bertz CT molecular complexity index is 10300. The van der Waals surface area contributed by atoms with Gasteiger partial charge in [-0.2, -0.15) is 0 Å². The first kappa shape index (κ1) is 81.1. The van der Waals surface area contributed by atoms with Crippen molar-refractivity contribution in [1.82, 2.24) is 57.3 Å². The topological polar surface area (TPSA) is 107 Å². The molecule has 0 fully saturated rings. The maximum Gasteiger partial charge on any atom is 0.165 e. The van der Waals surface area contributed by atoms with Gasteiger partial charge < -0.3 is 18.3 Å². The van der Waals surface area contributed by atoms with Gasteiger partial charge in [0.05, 0.1) is 94.5 Å². The molecule has 10 aromatic heterocycles. The lowest BCUT2D eigenvalue weighted by Gasteiger charge is -2.11. The van der Waals surface area contributed by atoms with Crippen LogP contribution in [-0.2, 0) is 0 Å². The van der Waals surface area contributed by atoms with E-state index in [1.165, 1.54) is 110 Å². The van der Waals surface area contributed by atoms with Gasteiger partial charge in [-0.3, -0.25) is 19.1 Å². The molecule has 0 amide bonds. The van der Waals surface area contributed by atoms with Gasteiger partial charge in [-0.1, -0.05) is 291 Å². The predicted octanol–water partition coefficient (Wildman–Crippen LogP) is 33.0. The Labute approximate surface area is 814 Å². The minimum absolute atomic E-state index is 0.856. The Morgan fingerprint density at radius 3 is 0.824 bits per heavy atom. The first-order valence-electron chi connectivity index (χ1n) is 48.1. The maximum atomic E-state index is 5.19. The molecule has 30 aromatic rings. The summed E-state index contributed by atoms with van der Waals surface area (Å²) in [5, 5.41) is 14.2. The van der Waals surface area contributed by atoms with Crippen molar-refractivity contribution < 1.29 is 0 Å². The van der Waals surface area contributed by atoms with Crippen LogP contribution in [-0.4, -0.2) is 57.3 Å². The average Bonchev–Trinajstić information content (AvgIpc) is 1.58. The predicted molar refractivity (Wildman–Crippen MR) is 589 cm³/mol. The van der Waals surface area contributed by atoms with Crippen LogP contribution in [0.5, 0.6) is 0 Å². The van der Waals surface area contributed by atoms with E-state index in [0.29, 0.717) is 0 Å². The molecule has 0 aliphatic carbocycles. The molecule has 662 valence electrons. The second-order valence-electron chi connectivity index (χ2n) is 36.4. The summed E-state index contributed by atoms with van der Waals surface area (Å²) in [6, 6.07) is 172. The van der Waals surface area contributed by atoms with Gasteiger partial charge in [0.2, 0.25) is 0 Å². The minimum Gasteiger partial charge on any atom is -0.309 e. The van der Waals surface area contributed by atoms with Gasteiger partial charge in [0, 0.05) is 105 Å². The first-order valence-corrected chi connectivity index (χ1v) is 48.1. The zero-order chi connectivity index (χ0) is 93.4. The highest BCUT2D eigenvalue weighted by atomic mass is 15.1. The van der Waals surface area contributed by atoms with Crippen molar-refractivity contribution in [3.63, 3.8) is 0 Å². The summed E-state index contributed by atoms with van der Waals surface area (Å²) >= 11 is 0. The highest BCUT2D eigenvalue weighted by Gasteiger charge is 2.26. The molecule has 0 unspecified atom stereocenters. The van der Waals surface area contributed by atoms with E-state index in [2.05, 4.69) is 458 Å². The van der Waals surface area contributed by atoms with Crippen molar-refractivity contribution in [3.8, 4) is 89.8 Å². The summed E-state index contributed by atoms with van der Waals surface area (Å²) in [7, 11) is 0. The smallest absolute Gasteiger partial charge is 0.165 e. The van der Waals surface area contributed by atoms with Gasteiger partial charge in [-0.15, -0.1) is 0 Å². The number of nitrogens with zero attached hydrogens (tertiary/aromatic N) is 12. The normalized spacial score (nSPS) is 11.8. The number of aromatic nitrogens is 12. The van der Waals surface area contributed by atoms with Crippen molar-refractivity contribution in [2.75, 3.05) is 0 Å². The molecule has 0 atom stereocenters. The van der Waals surface area contributed by atoms with Crippen LogP contribution in [0, 0.1) is 0 Å². The number of hydrogen-bond acceptors (Lipinski definition) is 6. The fourth-order valence-electron chi connectivity index (χ4n) is 21.8. The van der Waals surface area contributed by atoms with Gasteiger partial charge in [-0.05, 0) is 250 Å². The highest BCUT2D eigenvalue weighted by Crippen LogP contribution is 2.46. The summed E-state index contributed by atoms with van der Waals surface area (Å²) < 4.78 is 13.9. The molecule has 0 bridgehead atoms. The van der Waals surface area contributed by atoms with Crippen LogP contribution in [0.25, 0.3) is 265 Å². The van der Waals surface area contributed by atoms with Crippen molar-refractivity contribution in [2.45, 2.75) is 0 Å². The Morgan fingerprint density at radius 2 is 0.401 bits per heavy atom. The molecule has 0 N–H and O–H groups in total. The minimum atomic E-state index is 0.856. The largest absolute Gasteiger partial charge is 0.309 e. The van der Waals surface area contributed by atoms with E-state index in [1.54, 1.807) is 0 Å². The summed E-state index contributed by atoms with van der Waals surface area (Å²) in [5.41, 5.74) is 39.2. The lowest BCUT2D eigenvalue weighted by atomic mass is 10.00. The summed E-state index contributed by atoms with van der Waals surface area (Å²) in [6.45, 7) is 0. The van der Waals surface area contributed by atoms with Crippen molar-refractivity contribution in [1.29, 1.82) is 0 Å². The second kappa shape index (κ2) is 33.3. The third-order valence-electron chi connectivity index (χ3n) is 28.4. The van der Waals surface area contributed by atoms with Crippen LogP contribution in [0.1, 0.15) is 0 Å². The number of hydrogen-bond donors (Lipinski definition) is 0. The summed E-state index contributed by atoms with van der Waals surface area (Å²) in [6.07, 6.45) is 4.07. The standard InChI is InChI=1S/C48H30N4.C44H28N4.C38H24N4/c1-3-11-31(12-4-1)32-19-23-36(24-20-32)52-44-25-21-33(27-39(44)41-29-49-43-18-10-8-16-38(43)48(41)52)34-22-26-45-40(28-34)47-37-15-7-9-17-42(37)50-30-46(47)51(45)35-13-5-2-6-14-35;1-3-11-29(12-4-1)30-19-23-34(24-20-30)48-42-26-22-32(28-37(42)43-44(48)46-39-17-9-8-16-38(39)45-43)31-21-25-41-36(27-31)35-15-7-10-18-40(35)47(41)33-13-5-2-6-14-33;1-3-11-27(12-4-1)41-34-18-10-7-15-29(34)30-23-25(19-21-35(30)41)26-20-22-36-31(24-26)37-38(42(36)28-13-5-2-6-14-28)40-33-17-9-8-16-32(33)39-37/h1-30H;1-28H;1-24H. The molecular formula is C130H82N12.